The van der Waals surface area contributed by atoms with E-state index in [1.807, 2.05) is 40.4 Å². The van der Waals surface area contributed by atoms with Gasteiger partial charge in [0, 0.05) is 31.3 Å². The molecule has 4 aromatic rings. The van der Waals surface area contributed by atoms with Crippen LogP contribution in [0.3, 0.4) is 0 Å². The van der Waals surface area contributed by atoms with E-state index in [4.69, 9.17) is 0 Å². The van der Waals surface area contributed by atoms with Crippen molar-refractivity contribution >= 4 is 17.2 Å². The zero-order valence-corrected chi connectivity index (χ0v) is 15.4. The fraction of sp³-hybridized carbons (Fsp3) is 0.250. The molecule has 0 unspecified atom stereocenters. The summed E-state index contributed by atoms with van der Waals surface area (Å²) in [5.74, 6) is 1.57. The van der Waals surface area contributed by atoms with Gasteiger partial charge in [0.2, 0.25) is 0 Å². The quantitative estimate of drug-likeness (QED) is 0.581. The maximum absolute atomic E-state index is 13.0. The number of imidazole rings is 1. The highest BCUT2D eigenvalue weighted by Gasteiger charge is 2.25. The van der Waals surface area contributed by atoms with Crippen molar-refractivity contribution in [2.75, 3.05) is 5.32 Å². The van der Waals surface area contributed by atoms with E-state index in [-0.39, 0.29) is 5.91 Å². The number of amides is 1. The third-order valence-electron chi connectivity index (χ3n) is 4.98. The maximum atomic E-state index is 13.0. The smallest absolute Gasteiger partial charge is 0.277 e. The summed E-state index contributed by atoms with van der Waals surface area (Å²) in [5.41, 5.74) is 2.73. The Kier molecular flexibility index (Phi) is 3.89. The molecular formula is C20H19N7O. The maximum Gasteiger partial charge on any atom is 0.277 e. The monoisotopic (exact) mass is 373 g/mol. The van der Waals surface area contributed by atoms with Gasteiger partial charge in [0.1, 0.15) is 11.5 Å². The van der Waals surface area contributed by atoms with Crippen LogP contribution in [0.2, 0.25) is 0 Å². The first-order valence-corrected chi connectivity index (χ1v) is 9.28. The van der Waals surface area contributed by atoms with Crippen LogP contribution in [0.1, 0.15) is 28.9 Å². The molecule has 0 saturated heterocycles. The summed E-state index contributed by atoms with van der Waals surface area (Å²) in [6.07, 6.45) is 11.1. The molecule has 1 aliphatic rings. The third kappa shape index (κ3) is 2.92. The summed E-state index contributed by atoms with van der Waals surface area (Å²) in [4.78, 5) is 26.0. The van der Waals surface area contributed by atoms with Crippen molar-refractivity contribution in [1.29, 1.82) is 0 Å². The van der Waals surface area contributed by atoms with Crippen LogP contribution in [-0.2, 0) is 6.54 Å². The Morgan fingerprint density at radius 3 is 2.96 bits per heavy atom. The standard InChI is InChI=1S/C20H19N7O/c1-13-3-2-7-22-18(13)25-20(28)17-16-11-21-9-10-26(16)19(24-17)15-6-8-23-27(15)12-14-4-5-14/h2-3,6-11,14H,4-5,12H2,1H3,(H,22,25,28). The molecular weight excluding hydrogens is 354 g/mol. The number of fused-ring (bicyclic) bond motifs is 1. The minimum Gasteiger partial charge on any atom is -0.305 e. The lowest BCUT2D eigenvalue weighted by Crippen LogP contribution is -2.14. The molecule has 0 spiro atoms. The molecule has 5 rings (SSSR count). The van der Waals surface area contributed by atoms with Crippen LogP contribution in [0.5, 0.6) is 0 Å². The number of nitrogens with one attached hydrogen (secondary N) is 1. The number of nitrogens with zero attached hydrogens (tertiary/aromatic N) is 6. The lowest BCUT2D eigenvalue weighted by Gasteiger charge is -2.05. The van der Waals surface area contributed by atoms with E-state index in [0.29, 0.717) is 28.8 Å². The van der Waals surface area contributed by atoms with Gasteiger partial charge in [-0.25, -0.2) is 9.97 Å². The zero-order valence-electron chi connectivity index (χ0n) is 15.4. The molecule has 0 atom stereocenters. The number of aromatic nitrogens is 6. The predicted molar refractivity (Wildman–Crippen MR) is 104 cm³/mol. The van der Waals surface area contributed by atoms with Gasteiger partial charge < -0.3 is 5.32 Å². The molecule has 1 aliphatic carbocycles. The van der Waals surface area contributed by atoms with Crippen molar-refractivity contribution in [3.8, 4) is 11.5 Å². The fourth-order valence-electron chi connectivity index (χ4n) is 3.28. The number of hydrogen-bond donors (Lipinski definition) is 1. The van der Waals surface area contributed by atoms with Gasteiger partial charge in [-0.1, -0.05) is 6.07 Å². The van der Waals surface area contributed by atoms with Crippen molar-refractivity contribution < 1.29 is 4.79 Å². The summed E-state index contributed by atoms with van der Waals surface area (Å²) in [6.45, 7) is 2.77. The highest BCUT2D eigenvalue weighted by molar-refractivity contribution is 6.07. The Bertz CT molecular complexity index is 1170. The minimum absolute atomic E-state index is 0.312. The van der Waals surface area contributed by atoms with Gasteiger partial charge in [0.15, 0.2) is 11.5 Å². The molecule has 28 heavy (non-hydrogen) atoms. The van der Waals surface area contributed by atoms with Gasteiger partial charge in [0.25, 0.3) is 5.91 Å². The number of hydrogen-bond acceptors (Lipinski definition) is 5. The van der Waals surface area contributed by atoms with E-state index in [2.05, 4.69) is 25.4 Å². The molecule has 0 aliphatic heterocycles. The van der Waals surface area contributed by atoms with E-state index in [0.717, 1.165) is 17.8 Å². The first-order chi connectivity index (χ1) is 13.7. The summed E-state index contributed by atoms with van der Waals surface area (Å²) in [5, 5.41) is 7.31. The van der Waals surface area contributed by atoms with Crippen LogP contribution in [0.4, 0.5) is 5.82 Å². The van der Waals surface area contributed by atoms with Crippen LogP contribution in [0.25, 0.3) is 17.0 Å². The van der Waals surface area contributed by atoms with E-state index < -0.39 is 0 Å². The number of rotatable bonds is 5. The van der Waals surface area contributed by atoms with Crippen LogP contribution in [0, 0.1) is 12.8 Å². The summed E-state index contributed by atoms with van der Waals surface area (Å²) < 4.78 is 3.85. The van der Waals surface area contributed by atoms with Crippen molar-refractivity contribution in [1.82, 2.24) is 29.1 Å². The van der Waals surface area contributed by atoms with Crippen LogP contribution in [-0.4, -0.2) is 35.0 Å². The van der Waals surface area contributed by atoms with E-state index in [1.165, 1.54) is 12.8 Å². The largest absolute Gasteiger partial charge is 0.305 e. The lowest BCUT2D eigenvalue weighted by molar-refractivity contribution is 0.102. The normalized spacial score (nSPS) is 13.8. The number of aryl methyl sites for hydroxylation is 1. The average molecular weight is 373 g/mol. The SMILES string of the molecule is Cc1cccnc1NC(=O)c1nc(-c2ccnn2CC2CC2)n2ccncc12. The topological polar surface area (TPSA) is 90.0 Å². The Balaban J connectivity index is 1.57. The molecule has 8 nitrogen and oxygen atoms in total. The summed E-state index contributed by atoms with van der Waals surface area (Å²) in [7, 11) is 0. The number of carbonyl (C=O) groups is 1. The fourth-order valence-corrected chi connectivity index (χ4v) is 3.28. The average Bonchev–Trinajstić information content (AvgIpc) is 3.26. The van der Waals surface area contributed by atoms with Gasteiger partial charge in [0.05, 0.1) is 11.7 Å². The second-order valence-electron chi connectivity index (χ2n) is 7.08. The number of anilines is 1. The summed E-state index contributed by atoms with van der Waals surface area (Å²) in [6, 6.07) is 5.67. The molecule has 140 valence electrons. The zero-order chi connectivity index (χ0) is 19.1. The van der Waals surface area contributed by atoms with Gasteiger partial charge in [-0.15, -0.1) is 0 Å². The van der Waals surface area contributed by atoms with Gasteiger partial charge in [-0.2, -0.15) is 5.10 Å². The summed E-state index contributed by atoms with van der Waals surface area (Å²) >= 11 is 0. The van der Waals surface area contributed by atoms with Crippen LogP contribution < -0.4 is 5.32 Å². The van der Waals surface area contributed by atoms with Crippen molar-refractivity contribution in [2.24, 2.45) is 5.92 Å². The lowest BCUT2D eigenvalue weighted by atomic mass is 10.3. The molecule has 1 saturated carbocycles. The number of carbonyl (C=O) groups excluding carboxylic acids is 1. The molecule has 8 heteroatoms. The molecule has 4 heterocycles. The van der Waals surface area contributed by atoms with Gasteiger partial charge in [-0.05, 0) is 43.4 Å². The second kappa shape index (κ2) is 6.56. The Hall–Kier alpha value is -3.55. The van der Waals surface area contributed by atoms with Crippen molar-refractivity contribution in [3.05, 3.63) is 60.4 Å². The van der Waals surface area contributed by atoms with E-state index in [9.17, 15) is 4.79 Å². The first kappa shape index (κ1) is 16.6. The Morgan fingerprint density at radius 1 is 1.25 bits per heavy atom. The first-order valence-electron chi connectivity index (χ1n) is 9.28. The molecule has 4 aromatic heterocycles. The van der Waals surface area contributed by atoms with Crippen molar-refractivity contribution in [3.63, 3.8) is 0 Å². The molecule has 1 amide bonds. The van der Waals surface area contributed by atoms with Crippen molar-refractivity contribution in [2.45, 2.75) is 26.3 Å². The Labute approximate surface area is 161 Å². The van der Waals surface area contributed by atoms with Crippen LogP contribution in [0.15, 0.2) is 49.2 Å². The van der Waals surface area contributed by atoms with Gasteiger partial charge in [-0.3, -0.25) is 18.9 Å². The highest BCUT2D eigenvalue weighted by Crippen LogP contribution is 2.32. The van der Waals surface area contributed by atoms with Crippen LogP contribution >= 0.6 is 0 Å². The molecule has 0 radical (unpaired) electrons. The predicted octanol–water partition coefficient (Wildman–Crippen LogP) is 2.96. The molecule has 0 bridgehead atoms. The second-order valence-corrected chi connectivity index (χ2v) is 7.08. The Morgan fingerprint density at radius 2 is 2.14 bits per heavy atom. The third-order valence-corrected chi connectivity index (χ3v) is 4.98. The number of pyridine rings is 1. The molecule has 1 N–H and O–H groups in total. The van der Waals surface area contributed by atoms with E-state index >= 15 is 0 Å². The van der Waals surface area contributed by atoms with Gasteiger partial charge >= 0.3 is 0 Å². The van der Waals surface area contributed by atoms with E-state index in [1.54, 1.807) is 24.8 Å². The minimum atomic E-state index is -0.313. The molecule has 1 fully saturated rings. The molecule has 0 aromatic carbocycles. The highest BCUT2D eigenvalue weighted by atomic mass is 16.2.